The molecule has 0 aliphatic heterocycles. The molecule has 1 aromatic rings. The topological polar surface area (TPSA) is 88.2 Å². The summed E-state index contributed by atoms with van der Waals surface area (Å²) in [6.45, 7) is 1.96. The number of carboxylic acid groups (broad SMARTS) is 1. The van der Waals surface area contributed by atoms with Crippen LogP contribution in [-0.2, 0) is 11.4 Å². The van der Waals surface area contributed by atoms with E-state index in [2.05, 4.69) is 17.1 Å². The number of aromatic nitrogens is 3. The number of aliphatic hydroxyl groups is 1. The van der Waals surface area contributed by atoms with E-state index in [0.717, 1.165) is 24.6 Å². The molecule has 0 aromatic carbocycles. The molecule has 7 heteroatoms. The summed E-state index contributed by atoms with van der Waals surface area (Å²) in [7, 11) is 0. The molecule has 94 valence electrons. The van der Waals surface area contributed by atoms with Crippen LogP contribution in [0.5, 0.6) is 0 Å². The van der Waals surface area contributed by atoms with Gasteiger partial charge in [0, 0.05) is 6.04 Å². The Hall–Kier alpha value is -1.08. The highest BCUT2D eigenvalue weighted by Crippen LogP contribution is 2.47. The van der Waals surface area contributed by atoms with E-state index in [9.17, 15) is 9.90 Å². The molecule has 0 radical (unpaired) electrons. The fourth-order valence-corrected chi connectivity index (χ4v) is 2.69. The van der Waals surface area contributed by atoms with Crippen LogP contribution in [0.15, 0.2) is 5.16 Å². The third kappa shape index (κ3) is 2.61. The fraction of sp³-hybridized carbons (Fsp3) is 0.700. The van der Waals surface area contributed by atoms with E-state index in [1.165, 1.54) is 0 Å². The zero-order chi connectivity index (χ0) is 12.4. The molecule has 1 aromatic heterocycles. The van der Waals surface area contributed by atoms with Crippen LogP contribution in [0.4, 0.5) is 0 Å². The second-order valence-corrected chi connectivity index (χ2v) is 5.02. The SMILES string of the molecule is CCC1CC1n1c(CO)nnc1SCC(=O)O. The van der Waals surface area contributed by atoms with Crippen molar-refractivity contribution in [2.24, 2.45) is 5.92 Å². The average Bonchev–Trinajstić information content (AvgIpc) is 2.98. The molecule has 2 rings (SSSR count). The van der Waals surface area contributed by atoms with Crippen LogP contribution in [0.25, 0.3) is 0 Å². The van der Waals surface area contributed by atoms with E-state index in [1.807, 2.05) is 4.57 Å². The van der Waals surface area contributed by atoms with Gasteiger partial charge in [0.2, 0.25) is 0 Å². The van der Waals surface area contributed by atoms with Gasteiger partial charge in [-0.05, 0) is 12.3 Å². The van der Waals surface area contributed by atoms with Crippen molar-refractivity contribution in [2.45, 2.75) is 37.6 Å². The van der Waals surface area contributed by atoms with Crippen molar-refractivity contribution in [3.8, 4) is 0 Å². The van der Waals surface area contributed by atoms with Gasteiger partial charge in [-0.2, -0.15) is 0 Å². The van der Waals surface area contributed by atoms with Crippen LogP contribution >= 0.6 is 11.8 Å². The smallest absolute Gasteiger partial charge is 0.313 e. The summed E-state index contributed by atoms with van der Waals surface area (Å²) in [6.07, 6.45) is 2.14. The van der Waals surface area contributed by atoms with Crippen LogP contribution in [0.1, 0.15) is 31.6 Å². The minimum absolute atomic E-state index is 0.0346. The molecule has 0 bridgehead atoms. The lowest BCUT2D eigenvalue weighted by Gasteiger charge is -2.07. The molecule has 17 heavy (non-hydrogen) atoms. The summed E-state index contributed by atoms with van der Waals surface area (Å²) in [5.74, 6) is 0.213. The first-order chi connectivity index (χ1) is 8.17. The second kappa shape index (κ2) is 5.05. The van der Waals surface area contributed by atoms with Gasteiger partial charge >= 0.3 is 5.97 Å². The van der Waals surface area contributed by atoms with Gasteiger partial charge in [0.15, 0.2) is 11.0 Å². The normalized spacial score (nSPS) is 22.7. The number of thioether (sulfide) groups is 1. The van der Waals surface area contributed by atoms with E-state index >= 15 is 0 Å². The highest BCUT2D eigenvalue weighted by molar-refractivity contribution is 7.99. The molecule has 0 spiro atoms. The molecule has 0 saturated heterocycles. The molecule has 1 aliphatic carbocycles. The predicted molar refractivity (Wildman–Crippen MR) is 61.7 cm³/mol. The van der Waals surface area contributed by atoms with Crippen molar-refractivity contribution in [1.82, 2.24) is 14.8 Å². The van der Waals surface area contributed by atoms with Gasteiger partial charge in [-0.25, -0.2) is 0 Å². The maximum absolute atomic E-state index is 10.5. The van der Waals surface area contributed by atoms with Crippen molar-refractivity contribution < 1.29 is 15.0 Å². The zero-order valence-electron chi connectivity index (χ0n) is 9.54. The molecule has 2 N–H and O–H groups in total. The van der Waals surface area contributed by atoms with E-state index in [0.29, 0.717) is 22.9 Å². The Morgan fingerprint density at radius 2 is 2.35 bits per heavy atom. The number of hydrogen-bond donors (Lipinski definition) is 2. The van der Waals surface area contributed by atoms with Crippen LogP contribution in [0.2, 0.25) is 0 Å². The summed E-state index contributed by atoms with van der Waals surface area (Å²) >= 11 is 1.15. The highest BCUT2D eigenvalue weighted by atomic mass is 32.2. The second-order valence-electron chi connectivity index (χ2n) is 4.08. The molecule has 2 atom stereocenters. The Labute approximate surface area is 103 Å². The first-order valence-electron chi connectivity index (χ1n) is 5.56. The fourth-order valence-electron chi connectivity index (χ4n) is 1.96. The summed E-state index contributed by atoms with van der Waals surface area (Å²) in [4.78, 5) is 10.5. The Morgan fingerprint density at radius 1 is 1.59 bits per heavy atom. The van der Waals surface area contributed by atoms with Gasteiger partial charge < -0.3 is 14.8 Å². The van der Waals surface area contributed by atoms with Gasteiger partial charge in [-0.1, -0.05) is 25.1 Å². The van der Waals surface area contributed by atoms with Crippen LogP contribution in [0.3, 0.4) is 0 Å². The molecular formula is C10H15N3O3S. The molecule has 1 aliphatic rings. The lowest BCUT2D eigenvalue weighted by atomic mass is 10.3. The monoisotopic (exact) mass is 257 g/mol. The van der Waals surface area contributed by atoms with Gasteiger partial charge in [0.1, 0.15) is 6.61 Å². The molecule has 1 fully saturated rings. The Kier molecular flexibility index (Phi) is 3.68. The van der Waals surface area contributed by atoms with E-state index < -0.39 is 5.97 Å². The Balaban J connectivity index is 2.15. The molecule has 2 unspecified atom stereocenters. The minimum Gasteiger partial charge on any atom is -0.481 e. The van der Waals surface area contributed by atoms with E-state index in [1.54, 1.807) is 0 Å². The quantitative estimate of drug-likeness (QED) is 0.737. The molecule has 6 nitrogen and oxygen atoms in total. The van der Waals surface area contributed by atoms with Crippen molar-refractivity contribution in [3.05, 3.63) is 5.82 Å². The van der Waals surface area contributed by atoms with Gasteiger partial charge in [-0.15, -0.1) is 10.2 Å². The number of carboxylic acids is 1. The van der Waals surface area contributed by atoms with Crippen molar-refractivity contribution >= 4 is 17.7 Å². The van der Waals surface area contributed by atoms with Crippen molar-refractivity contribution in [1.29, 1.82) is 0 Å². The van der Waals surface area contributed by atoms with E-state index in [-0.39, 0.29) is 12.4 Å². The third-order valence-corrected chi connectivity index (χ3v) is 3.87. The first kappa shape index (κ1) is 12.4. The average molecular weight is 257 g/mol. The summed E-state index contributed by atoms with van der Waals surface area (Å²) in [5.41, 5.74) is 0. The van der Waals surface area contributed by atoms with Gasteiger partial charge in [0.05, 0.1) is 5.75 Å². The summed E-state index contributed by atoms with van der Waals surface area (Å²) < 4.78 is 1.89. The molecule has 1 saturated carbocycles. The highest BCUT2D eigenvalue weighted by Gasteiger charge is 2.40. The number of aliphatic hydroxyl groups excluding tert-OH is 1. The number of hydrogen-bond acceptors (Lipinski definition) is 5. The number of nitrogens with zero attached hydrogens (tertiary/aromatic N) is 3. The predicted octanol–water partition coefficient (Wildman–Crippen LogP) is 0.918. The van der Waals surface area contributed by atoms with Crippen LogP contribution < -0.4 is 0 Å². The zero-order valence-corrected chi connectivity index (χ0v) is 10.4. The van der Waals surface area contributed by atoms with Crippen molar-refractivity contribution in [2.75, 3.05) is 5.75 Å². The lowest BCUT2D eigenvalue weighted by molar-refractivity contribution is -0.133. The van der Waals surface area contributed by atoms with Gasteiger partial charge in [-0.3, -0.25) is 4.79 Å². The maximum Gasteiger partial charge on any atom is 0.313 e. The Bertz CT molecular complexity index is 421. The van der Waals surface area contributed by atoms with Crippen LogP contribution in [0, 0.1) is 5.92 Å². The number of rotatable bonds is 6. The molecule has 1 heterocycles. The maximum atomic E-state index is 10.5. The third-order valence-electron chi connectivity index (χ3n) is 2.94. The summed E-state index contributed by atoms with van der Waals surface area (Å²) in [6, 6.07) is 0.327. The molecular weight excluding hydrogens is 242 g/mol. The summed E-state index contributed by atoms with van der Waals surface area (Å²) in [5, 5.41) is 26.3. The number of carbonyl (C=O) groups is 1. The van der Waals surface area contributed by atoms with Crippen LogP contribution in [-0.4, -0.2) is 36.7 Å². The van der Waals surface area contributed by atoms with E-state index in [4.69, 9.17) is 5.11 Å². The first-order valence-corrected chi connectivity index (χ1v) is 6.55. The minimum atomic E-state index is -0.877. The number of aliphatic carboxylic acids is 1. The van der Waals surface area contributed by atoms with Crippen molar-refractivity contribution in [3.63, 3.8) is 0 Å². The molecule has 0 amide bonds. The largest absolute Gasteiger partial charge is 0.481 e. The lowest BCUT2D eigenvalue weighted by Crippen LogP contribution is -2.06. The standard InChI is InChI=1S/C10H15N3O3S/c1-2-6-3-7(6)13-8(4-14)11-12-10(13)17-5-9(15)16/h6-7,14H,2-5H2,1H3,(H,15,16). The Morgan fingerprint density at radius 3 is 2.88 bits per heavy atom. The van der Waals surface area contributed by atoms with Gasteiger partial charge in [0.25, 0.3) is 0 Å².